The van der Waals surface area contributed by atoms with Gasteiger partial charge in [0.25, 0.3) is 0 Å². The molecule has 0 saturated carbocycles. The molecule has 47 heavy (non-hydrogen) atoms. The molecule has 11 nitrogen and oxygen atoms in total. The first-order valence-electron chi connectivity index (χ1n) is 14.6. The number of aliphatic hydroxyl groups excluding tert-OH is 1. The van der Waals surface area contributed by atoms with Crippen molar-refractivity contribution in [2.45, 2.75) is 44.0 Å². The van der Waals surface area contributed by atoms with Crippen LogP contribution in [0.5, 0.6) is 0 Å². The number of aryl methyl sites for hydroxylation is 1. The van der Waals surface area contributed by atoms with E-state index in [1.54, 1.807) is 61.5 Å². The van der Waals surface area contributed by atoms with Crippen molar-refractivity contribution in [3.8, 4) is 0 Å². The summed E-state index contributed by atoms with van der Waals surface area (Å²) in [6.07, 6.45) is 0.309. The summed E-state index contributed by atoms with van der Waals surface area (Å²) in [5, 5.41) is 25.4. The molecule has 0 aliphatic carbocycles. The van der Waals surface area contributed by atoms with Gasteiger partial charge in [-0.05, 0) is 53.6 Å². The van der Waals surface area contributed by atoms with Crippen molar-refractivity contribution in [2.75, 3.05) is 5.75 Å². The monoisotopic (exact) mass is 661 g/mol. The first kappa shape index (κ1) is 31.9. The molecular weight excluding hydrogens is 632 g/mol. The normalized spacial score (nSPS) is 15.8. The molecule has 242 valence electrons. The van der Waals surface area contributed by atoms with E-state index in [1.807, 2.05) is 6.07 Å². The van der Waals surface area contributed by atoms with E-state index >= 15 is 4.39 Å². The Hall–Kier alpha value is -5.05. The van der Waals surface area contributed by atoms with Gasteiger partial charge >= 0.3 is 0 Å². The van der Waals surface area contributed by atoms with Crippen molar-refractivity contribution in [1.82, 2.24) is 20.0 Å². The van der Waals surface area contributed by atoms with E-state index in [-0.39, 0.29) is 52.5 Å². The van der Waals surface area contributed by atoms with Crippen LogP contribution < -0.4 is 4.90 Å². The van der Waals surface area contributed by atoms with Gasteiger partial charge in [0.15, 0.2) is 6.23 Å². The van der Waals surface area contributed by atoms with Gasteiger partial charge in [-0.25, -0.2) is 27.2 Å². The third-order valence-electron chi connectivity index (χ3n) is 7.60. The predicted molar refractivity (Wildman–Crippen MR) is 165 cm³/mol. The van der Waals surface area contributed by atoms with Crippen LogP contribution in [0.3, 0.4) is 0 Å². The minimum absolute atomic E-state index is 0.0244. The quantitative estimate of drug-likeness (QED) is 0.154. The van der Waals surface area contributed by atoms with Crippen LogP contribution in [0, 0.1) is 17.9 Å². The third-order valence-corrected chi connectivity index (χ3v) is 9.11. The summed E-state index contributed by atoms with van der Waals surface area (Å²) in [5.41, 5.74) is 2.86. The number of aliphatic hydroxyl groups is 1. The maximum absolute atomic E-state index is 15.0. The fraction of sp³-hybridized carbons (Fsp3) is 0.212. The molecule has 14 heteroatoms. The maximum Gasteiger partial charge on any atom is 0.248 e. The maximum atomic E-state index is 15.0. The lowest BCUT2D eigenvalue weighted by atomic mass is 10.1. The average Bonchev–Trinajstić information content (AvgIpc) is 3.43. The second-order valence-electron chi connectivity index (χ2n) is 11.0. The molecule has 0 bridgehead atoms. The van der Waals surface area contributed by atoms with Gasteiger partial charge in [0.05, 0.1) is 24.2 Å². The minimum Gasteiger partial charge on any atom is -0.369 e. The fourth-order valence-corrected chi connectivity index (χ4v) is 6.40. The molecule has 1 N–H and O–H groups in total. The van der Waals surface area contributed by atoms with E-state index in [0.717, 1.165) is 11.6 Å². The Kier molecular flexibility index (Phi) is 9.07. The van der Waals surface area contributed by atoms with Crippen molar-refractivity contribution in [3.05, 3.63) is 136 Å². The Morgan fingerprint density at radius 3 is 2.62 bits per heavy atom. The first-order chi connectivity index (χ1) is 22.6. The van der Waals surface area contributed by atoms with Gasteiger partial charge < -0.3 is 20.0 Å². The van der Waals surface area contributed by atoms with Crippen LogP contribution >= 0.6 is 0 Å². The number of fused-ring (bicyclic) bond motifs is 1. The Labute approximate surface area is 268 Å². The molecule has 0 fully saturated rings. The van der Waals surface area contributed by atoms with Gasteiger partial charge in [0.1, 0.15) is 11.6 Å². The highest BCUT2D eigenvalue weighted by molar-refractivity contribution is 7.91. The average molecular weight is 662 g/mol. The number of rotatable bonds is 11. The van der Waals surface area contributed by atoms with Crippen LogP contribution in [-0.4, -0.2) is 45.5 Å². The third kappa shape index (κ3) is 7.19. The van der Waals surface area contributed by atoms with Crippen LogP contribution in [0.1, 0.15) is 40.6 Å². The topological polar surface area (TPSA) is 146 Å². The van der Waals surface area contributed by atoms with Gasteiger partial charge in [0, 0.05) is 40.8 Å². The van der Waals surface area contributed by atoms with Crippen LogP contribution in [0.4, 0.5) is 8.78 Å². The lowest BCUT2D eigenvalue weighted by Crippen LogP contribution is -2.33. The molecular formula is C33H29F2N5O6S. The molecule has 3 aromatic carbocycles. The van der Waals surface area contributed by atoms with Crippen LogP contribution in [-0.2, 0) is 27.7 Å². The number of nitrogens with zero attached hydrogens (tertiary/aromatic N) is 5. The summed E-state index contributed by atoms with van der Waals surface area (Å²) >= 11 is 0. The second-order valence-corrected chi connectivity index (χ2v) is 13.0. The number of benzene rings is 3. The highest BCUT2D eigenvalue weighted by atomic mass is 32.2. The molecule has 5 aromatic rings. The lowest BCUT2D eigenvalue weighted by Gasteiger charge is -2.29. The SMILES string of the molecule is Cc1cc(C2=CN(Cc3ccc4c(c3)no[n+]4[O-])C(O)C(F)=C2)nc(S(=O)(=O)CCC(OCc2ccccc2F)c2ccccc2)n1. The van der Waals surface area contributed by atoms with Crippen molar-refractivity contribution in [1.29, 1.82) is 0 Å². The van der Waals surface area contributed by atoms with Gasteiger partial charge in [-0.2, -0.15) is 0 Å². The number of sulfone groups is 1. The molecule has 6 rings (SSSR count). The summed E-state index contributed by atoms with van der Waals surface area (Å²) in [5.74, 6) is -1.68. The van der Waals surface area contributed by atoms with Gasteiger partial charge in [-0.3, -0.25) is 4.63 Å². The number of aromatic nitrogens is 4. The van der Waals surface area contributed by atoms with Crippen molar-refractivity contribution in [2.24, 2.45) is 0 Å². The van der Waals surface area contributed by atoms with Gasteiger partial charge in [0.2, 0.25) is 26.0 Å². The van der Waals surface area contributed by atoms with Gasteiger partial charge in [-0.1, -0.05) is 54.6 Å². The summed E-state index contributed by atoms with van der Waals surface area (Å²) in [4.78, 5) is 10.0. The van der Waals surface area contributed by atoms with Crippen LogP contribution in [0.25, 0.3) is 16.6 Å². The number of halogens is 2. The molecule has 2 atom stereocenters. The molecule has 2 aromatic heterocycles. The zero-order valence-corrected chi connectivity index (χ0v) is 25.8. The lowest BCUT2D eigenvalue weighted by molar-refractivity contribution is -0.782. The molecule has 1 aliphatic heterocycles. The Morgan fingerprint density at radius 2 is 1.83 bits per heavy atom. The Balaban J connectivity index is 1.23. The van der Waals surface area contributed by atoms with Crippen LogP contribution in [0.2, 0.25) is 0 Å². The van der Waals surface area contributed by atoms with E-state index in [0.29, 0.717) is 16.8 Å². The summed E-state index contributed by atoms with van der Waals surface area (Å²) in [6, 6.07) is 21.5. The predicted octanol–water partition coefficient (Wildman–Crippen LogP) is 4.85. The fourth-order valence-electron chi connectivity index (χ4n) is 5.17. The summed E-state index contributed by atoms with van der Waals surface area (Å²) < 4.78 is 67.0. The van der Waals surface area contributed by atoms with Gasteiger partial charge in [-0.15, -0.1) is 0 Å². The molecule has 0 saturated heterocycles. The number of allylic oxidation sites excluding steroid dienone is 2. The highest BCUT2D eigenvalue weighted by Gasteiger charge is 2.27. The second kappa shape index (κ2) is 13.4. The summed E-state index contributed by atoms with van der Waals surface area (Å²) in [6.45, 7) is 1.56. The van der Waals surface area contributed by atoms with Crippen molar-refractivity contribution >= 4 is 26.4 Å². The molecule has 0 radical (unpaired) electrons. The van der Waals surface area contributed by atoms with E-state index in [9.17, 15) is 23.1 Å². The molecule has 3 heterocycles. The molecule has 0 spiro atoms. The van der Waals surface area contributed by atoms with Crippen molar-refractivity contribution in [3.63, 3.8) is 0 Å². The molecule has 0 amide bonds. The van der Waals surface area contributed by atoms with Crippen LogP contribution in [0.15, 0.2) is 107 Å². The summed E-state index contributed by atoms with van der Waals surface area (Å²) in [7, 11) is -4.07. The molecule has 2 unspecified atom stereocenters. The smallest absolute Gasteiger partial charge is 0.248 e. The zero-order chi connectivity index (χ0) is 33.1. The van der Waals surface area contributed by atoms with E-state index in [2.05, 4.69) is 19.8 Å². The number of hydrogen-bond acceptors (Lipinski definition) is 10. The zero-order valence-electron chi connectivity index (χ0n) is 25.0. The Morgan fingerprint density at radius 1 is 1.06 bits per heavy atom. The number of ether oxygens (including phenoxy) is 1. The van der Waals surface area contributed by atoms with E-state index in [4.69, 9.17) is 4.74 Å². The highest BCUT2D eigenvalue weighted by Crippen LogP contribution is 2.30. The minimum atomic E-state index is -4.07. The molecule has 1 aliphatic rings. The standard InChI is InChI=1S/C33H29F2N5O6S/c1-21-15-28(25-17-27(35)32(41)39(19-25)18-22-11-12-30-29(16-22)38-46-40(30)42)37-33(36-21)47(43,44)14-13-31(23-7-3-2-4-8-23)45-20-24-9-5-6-10-26(24)34/h2-12,15-17,19,31-32,41H,13-14,18,20H2,1H3. The van der Waals surface area contributed by atoms with E-state index < -0.39 is 39.0 Å². The number of hydrogen-bond donors (Lipinski definition) is 1. The Bertz CT molecular complexity index is 2090. The first-order valence-corrected chi connectivity index (χ1v) is 16.2. The van der Waals surface area contributed by atoms with Crippen molar-refractivity contribution < 1.29 is 36.6 Å². The van der Waals surface area contributed by atoms with E-state index in [1.165, 1.54) is 29.3 Å². The largest absolute Gasteiger partial charge is 0.369 e.